The number of aromatic carboxylic acids is 1. The second kappa shape index (κ2) is 5.47. The summed E-state index contributed by atoms with van der Waals surface area (Å²) in [6.07, 6.45) is 0. The first-order valence-electron chi connectivity index (χ1n) is 5.45. The number of thiophene rings is 2. The third-order valence-electron chi connectivity index (χ3n) is 2.54. The zero-order chi connectivity index (χ0) is 15.8. The summed E-state index contributed by atoms with van der Waals surface area (Å²) in [6.45, 7) is 1.50. The number of hydrogen-bond acceptors (Lipinski definition) is 6. The molecular formula is C11H10N2O5S3. The van der Waals surface area contributed by atoms with Crippen LogP contribution in [-0.2, 0) is 10.0 Å². The number of anilines is 1. The molecule has 0 saturated heterocycles. The van der Waals surface area contributed by atoms with E-state index in [0.29, 0.717) is 5.56 Å². The smallest absolute Gasteiger partial charge is 0.347 e. The Morgan fingerprint density at radius 2 is 2.00 bits per heavy atom. The number of aryl methyl sites for hydroxylation is 1. The van der Waals surface area contributed by atoms with E-state index in [1.165, 1.54) is 23.8 Å². The Hall–Kier alpha value is -1.91. The maximum absolute atomic E-state index is 12.4. The third-order valence-corrected chi connectivity index (χ3v) is 6.25. The molecule has 0 radical (unpaired) electrons. The number of primary amides is 1. The van der Waals surface area contributed by atoms with Crippen LogP contribution in [0.3, 0.4) is 0 Å². The number of carbonyl (C=O) groups is 2. The van der Waals surface area contributed by atoms with Gasteiger partial charge >= 0.3 is 5.97 Å². The van der Waals surface area contributed by atoms with Crippen molar-refractivity contribution in [1.82, 2.24) is 0 Å². The quantitative estimate of drug-likeness (QED) is 0.759. The molecule has 2 heterocycles. The van der Waals surface area contributed by atoms with Gasteiger partial charge in [0.2, 0.25) is 0 Å². The fraction of sp³-hybridized carbons (Fsp3) is 0.0909. The fourth-order valence-electron chi connectivity index (χ4n) is 1.67. The van der Waals surface area contributed by atoms with Crippen molar-refractivity contribution in [3.05, 3.63) is 32.8 Å². The van der Waals surface area contributed by atoms with Gasteiger partial charge in [-0.15, -0.1) is 22.7 Å². The summed E-state index contributed by atoms with van der Waals surface area (Å²) in [4.78, 5) is 21.7. The zero-order valence-electron chi connectivity index (χ0n) is 10.6. The van der Waals surface area contributed by atoms with Crippen molar-refractivity contribution in [2.24, 2.45) is 5.73 Å². The van der Waals surface area contributed by atoms with E-state index in [9.17, 15) is 18.0 Å². The van der Waals surface area contributed by atoms with Gasteiger partial charge in [0.1, 0.15) is 14.8 Å². The lowest BCUT2D eigenvalue weighted by molar-refractivity contribution is 0.0698. The van der Waals surface area contributed by atoms with Crippen LogP contribution in [0, 0.1) is 6.92 Å². The van der Waals surface area contributed by atoms with Gasteiger partial charge in [-0.05, 0) is 29.3 Å². The third kappa shape index (κ3) is 2.91. The van der Waals surface area contributed by atoms with E-state index in [0.717, 1.165) is 22.7 Å². The van der Waals surface area contributed by atoms with Gasteiger partial charge in [-0.1, -0.05) is 0 Å². The van der Waals surface area contributed by atoms with Crippen LogP contribution < -0.4 is 10.5 Å². The van der Waals surface area contributed by atoms with Crippen LogP contribution in [0.4, 0.5) is 5.00 Å². The number of nitrogens with one attached hydrogen (secondary N) is 1. The van der Waals surface area contributed by atoms with E-state index in [4.69, 9.17) is 10.8 Å². The highest BCUT2D eigenvalue weighted by Crippen LogP contribution is 2.31. The molecule has 2 aromatic rings. The molecule has 21 heavy (non-hydrogen) atoms. The van der Waals surface area contributed by atoms with Crippen LogP contribution in [0.1, 0.15) is 25.6 Å². The average molecular weight is 346 g/mol. The molecule has 112 valence electrons. The molecule has 0 aliphatic carbocycles. The van der Waals surface area contributed by atoms with Crippen LogP contribution in [0.5, 0.6) is 0 Å². The molecule has 0 atom stereocenters. The number of rotatable bonds is 5. The number of nitrogens with two attached hydrogens (primary N) is 1. The molecule has 0 aliphatic rings. The minimum Gasteiger partial charge on any atom is -0.477 e. The molecule has 4 N–H and O–H groups in total. The molecule has 0 saturated carbocycles. The van der Waals surface area contributed by atoms with E-state index in [1.807, 2.05) is 0 Å². The first kappa shape index (κ1) is 15.5. The summed E-state index contributed by atoms with van der Waals surface area (Å²) in [5, 5.41) is 12.1. The summed E-state index contributed by atoms with van der Waals surface area (Å²) in [5.74, 6) is -2.09. The number of amides is 1. The Labute approximate surface area is 128 Å². The Morgan fingerprint density at radius 3 is 2.57 bits per heavy atom. The number of hydrogen-bond donors (Lipinski definition) is 3. The fourth-order valence-corrected chi connectivity index (χ4v) is 5.43. The molecular weight excluding hydrogens is 336 g/mol. The van der Waals surface area contributed by atoms with Crippen molar-refractivity contribution in [2.75, 3.05) is 4.72 Å². The lowest BCUT2D eigenvalue weighted by Gasteiger charge is -2.08. The molecule has 0 unspecified atom stereocenters. The highest BCUT2D eigenvalue weighted by molar-refractivity contribution is 7.93. The minimum absolute atomic E-state index is 0.0355. The number of carbonyl (C=O) groups excluding carboxylic acids is 1. The van der Waals surface area contributed by atoms with Crippen LogP contribution >= 0.6 is 22.7 Å². The average Bonchev–Trinajstić information content (AvgIpc) is 2.94. The van der Waals surface area contributed by atoms with E-state index >= 15 is 0 Å². The van der Waals surface area contributed by atoms with Gasteiger partial charge in [0, 0.05) is 0 Å². The van der Waals surface area contributed by atoms with Crippen LogP contribution in [0.15, 0.2) is 21.7 Å². The molecule has 0 aliphatic heterocycles. The van der Waals surface area contributed by atoms with E-state index < -0.39 is 21.9 Å². The molecule has 10 heteroatoms. The zero-order valence-corrected chi connectivity index (χ0v) is 13.1. The number of sulfonamides is 1. The van der Waals surface area contributed by atoms with Gasteiger partial charge < -0.3 is 10.8 Å². The monoisotopic (exact) mass is 346 g/mol. The topological polar surface area (TPSA) is 127 Å². The maximum atomic E-state index is 12.4. The minimum atomic E-state index is -4.12. The Kier molecular flexibility index (Phi) is 4.03. The molecule has 7 nitrogen and oxygen atoms in total. The summed E-state index contributed by atoms with van der Waals surface area (Å²) < 4.78 is 27.0. The number of carboxylic acids is 1. The molecule has 0 spiro atoms. The predicted octanol–water partition coefficient (Wildman–Crippen LogP) is 1.72. The SMILES string of the molecule is Cc1csc(C(=O)O)c1S(=O)(=O)Nc1sccc1C(N)=O. The standard InChI is InChI=1S/C11H10N2O5S3/c1-5-4-20-7(11(15)16)8(5)21(17,18)13-10-6(9(12)14)2-3-19-10/h2-4,13H,1H3,(H2,12,14)(H,15,16). The second-order valence-electron chi connectivity index (χ2n) is 4.02. The second-order valence-corrected chi connectivity index (χ2v) is 7.43. The highest BCUT2D eigenvalue weighted by Gasteiger charge is 2.28. The van der Waals surface area contributed by atoms with Crippen LogP contribution in [0.2, 0.25) is 0 Å². The first-order chi connectivity index (χ1) is 9.74. The summed E-state index contributed by atoms with van der Waals surface area (Å²) in [6, 6.07) is 1.39. The summed E-state index contributed by atoms with van der Waals surface area (Å²) in [7, 11) is -4.12. The Morgan fingerprint density at radius 1 is 1.33 bits per heavy atom. The van der Waals surface area contributed by atoms with Crippen molar-refractivity contribution in [1.29, 1.82) is 0 Å². The molecule has 1 amide bonds. The highest BCUT2D eigenvalue weighted by atomic mass is 32.2. The van der Waals surface area contributed by atoms with E-state index in [1.54, 1.807) is 0 Å². The van der Waals surface area contributed by atoms with Crippen LogP contribution in [0.25, 0.3) is 0 Å². The van der Waals surface area contributed by atoms with Crippen molar-refractivity contribution >= 4 is 49.6 Å². The normalized spacial score (nSPS) is 11.3. The molecule has 0 fully saturated rings. The molecule has 2 aromatic heterocycles. The van der Waals surface area contributed by atoms with Gasteiger partial charge in [-0.3, -0.25) is 9.52 Å². The lowest BCUT2D eigenvalue weighted by Crippen LogP contribution is -2.18. The van der Waals surface area contributed by atoms with E-state index in [-0.39, 0.29) is 20.3 Å². The van der Waals surface area contributed by atoms with E-state index in [2.05, 4.69) is 4.72 Å². The predicted molar refractivity (Wildman–Crippen MR) is 79.7 cm³/mol. The van der Waals surface area contributed by atoms with Gasteiger partial charge in [-0.25, -0.2) is 13.2 Å². The Bertz CT molecular complexity index is 819. The summed E-state index contributed by atoms with van der Waals surface area (Å²) >= 11 is 1.81. The maximum Gasteiger partial charge on any atom is 0.347 e. The van der Waals surface area contributed by atoms with Crippen molar-refractivity contribution in [2.45, 2.75) is 11.8 Å². The molecule has 0 bridgehead atoms. The van der Waals surface area contributed by atoms with Crippen molar-refractivity contribution in [3.63, 3.8) is 0 Å². The van der Waals surface area contributed by atoms with Gasteiger partial charge in [0.25, 0.3) is 15.9 Å². The molecule has 2 rings (SSSR count). The lowest BCUT2D eigenvalue weighted by atomic mass is 10.3. The summed E-state index contributed by atoms with van der Waals surface area (Å²) in [5.41, 5.74) is 5.50. The largest absolute Gasteiger partial charge is 0.477 e. The van der Waals surface area contributed by atoms with Gasteiger partial charge in [0.05, 0.1) is 5.56 Å². The first-order valence-corrected chi connectivity index (χ1v) is 8.69. The number of carboxylic acid groups (broad SMARTS) is 1. The van der Waals surface area contributed by atoms with Crippen molar-refractivity contribution in [3.8, 4) is 0 Å². The Balaban J connectivity index is 2.49. The van der Waals surface area contributed by atoms with Gasteiger partial charge in [-0.2, -0.15) is 0 Å². The van der Waals surface area contributed by atoms with Crippen molar-refractivity contribution < 1.29 is 23.1 Å². The van der Waals surface area contributed by atoms with Gasteiger partial charge in [0.15, 0.2) is 0 Å². The van der Waals surface area contributed by atoms with Crippen LogP contribution in [-0.4, -0.2) is 25.4 Å². The molecule has 0 aromatic carbocycles.